The molecule has 5 nitrogen and oxygen atoms in total. The predicted octanol–water partition coefficient (Wildman–Crippen LogP) is 7.44. The molecule has 6 aromatic rings. The van der Waals surface area contributed by atoms with Gasteiger partial charge in [-0.25, -0.2) is 0 Å². The number of H-pyrrole nitrogens is 1. The van der Waals surface area contributed by atoms with E-state index in [0.717, 1.165) is 38.4 Å². The number of hydrogen-bond donors (Lipinski definition) is 3. The van der Waals surface area contributed by atoms with Crippen LogP contribution in [0, 0.1) is 0 Å². The number of thiophene rings is 1. The topological polar surface area (TPSA) is 69.8 Å². The molecule has 6 heteroatoms. The van der Waals surface area contributed by atoms with Gasteiger partial charge in [-0.3, -0.25) is 9.89 Å². The van der Waals surface area contributed by atoms with Gasteiger partial charge in [0, 0.05) is 31.9 Å². The van der Waals surface area contributed by atoms with Crippen molar-refractivity contribution in [2.24, 2.45) is 0 Å². The first kappa shape index (κ1) is 20.2. The highest BCUT2D eigenvalue weighted by atomic mass is 32.1. The van der Waals surface area contributed by atoms with Crippen molar-refractivity contribution >= 4 is 55.3 Å². The molecular weight excluding hydrogens is 440 g/mol. The van der Waals surface area contributed by atoms with Crippen LogP contribution in [0.25, 0.3) is 31.4 Å². The largest absolute Gasteiger partial charge is 0.355 e. The zero-order valence-electron chi connectivity index (χ0n) is 18.1. The van der Waals surface area contributed by atoms with E-state index in [0.29, 0.717) is 5.56 Å². The Morgan fingerprint density at radius 2 is 1.59 bits per heavy atom. The second-order valence-electron chi connectivity index (χ2n) is 8.00. The van der Waals surface area contributed by atoms with E-state index in [1.807, 2.05) is 78.9 Å². The fourth-order valence-electron chi connectivity index (χ4n) is 4.10. The Balaban J connectivity index is 1.36. The van der Waals surface area contributed by atoms with Crippen LogP contribution in [0.2, 0.25) is 0 Å². The smallest absolute Gasteiger partial charge is 0.257 e. The minimum absolute atomic E-state index is 0.177. The molecule has 0 saturated heterocycles. The molecule has 4 aromatic carbocycles. The van der Waals surface area contributed by atoms with E-state index in [9.17, 15) is 4.79 Å². The lowest BCUT2D eigenvalue weighted by molar-refractivity contribution is 0.102. The number of hydrogen-bond acceptors (Lipinski definition) is 4. The summed E-state index contributed by atoms with van der Waals surface area (Å²) >= 11 is 1.73. The molecule has 34 heavy (non-hydrogen) atoms. The normalized spacial score (nSPS) is 11.1. The van der Waals surface area contributed by atoms with Gasteiger partial charge in [0.25, 0.3) is 5.91 Å². The van der Waals surface area contributed by atoms with Gasteiger partial charge in [-0.1, -0.05) is 48.5 Å². The molecule has 0 atom stereocenters. The number of para-hydroxylation sites is 2. The van der Waals surface area contributed by atoms with Crippen molar-refractivity contribution in [1.82, 2.24) is 10.2 Å². The van der Waals surface area contributed by atoms with Crippen LogP contribution in [-0.2, 0) is 0 Å². The molecule has 6 rings (SSSR count). The first-order valence-electron chi connectivity index (χ1n) is 10.9. The quantitative estimate of drug-likeness (QED) is 0.250. The molecular formula is C28H20N4OS. The second-order valence-corrected chi connectivity index (χ2v) is 9.08. The fraction of sp³-hybridized carbons (Fsp3) is 0. The highest BCUT2D eigenvalue weighted by Crippen LogP contribution is 2.38. The Kier molecular flexibility index (Phi) is 5.05. The summed E-state index contributed by atoms with van der Waals surface area (Å²) in [5.74, 6) is -0.177. The molecule has 0 radical (unpaired) electrons. The van der Waals surface area contributed by atoms with E-state index < -0.39 is 0 Å². The molecule has 0 unspecified atom stereocenters. The zero-order valence-corrected chi connectivity index (χ0v) is 18.9. The lowest BCUT2D eigenvalue weighted by Crippen LogP contribution is -2.14. The molecule has 0 aliphatic rings. The lowest BCUT2D eigenvalue weighted by atomic mass is 10.1. The van der Waals surface area contributed by atoms with Crippen molar-refractivity contribution in [3.05, 3.63) is 109 Å². The number of rotatable bonds is 5. The van der Waals surface area contributed by atoms with E-state index >= 15 is 0 Å². The Morgan fingerprint density at radius 1 is 0.794 bits per heavy atom. The van der Waals surface area contributed by atoms with Crippen molar-refractivity contribution in [3.63, 3.8) is 0 Å². The van der Waals surface area contributed by atoms with E-state index in [1.165, 1.54) is 10.1 Å². The van der Waals surface area contributed by atoms with E-state index in [4.69, 9.17) is 0 Å². The van der Waals surface area contributed by atoms with Crippen LogP contribution >= 0.6 is 11.3 Å². The molecule has 1 amide bonds. The summed E-state index contributed by atoms with van der Waals surface area (Å²) < 4.78 is 1.22. The average Bonchev–Trinajstić information content (AvgIpc) is 3.51. The highest BCUT2D eigenvalue weighted by molar-refractivity contribution is 7.22. The van der Waals surface area contributed by atoms with Gasteiger partial charge >= 0.3 is 0 Å². The summed E-state index contributed by atoms with van der Waals surface area (Å²) in [6.45, 7) is 0. The Bertz CT molecular complexity index is 1600. The van der Waals surface area contributed by atoms with E-state index in [-0.39, 0.29) is 5.91 Å². The number of nitrogens with one attached hydrogen (secondary N) is 3. The van der Waals surface area contributed by atoms with E-state index in [1.54, 1.807) is 17.5 Å². The van der Waals surface area contributed by atoms with Gasteiger partial charge in [0.2, 0.25) is 0 Å². The van der Waals surface area contributed by atoms with Crippen LogP contribution < -0.4 is 10.6 Å². The van der Waals surface area contributed by atoms with Crippen LogP contribution in [-0.4, -0.2) is 16.1 Å². The molecule has 0 saturated carbocycles. The summed E-state index contributed by atoms with van der Waals surface area (Å²) in [6.07, 6.45) is 1.78. The second kappa shape index (κ2) is 8.50. The Hall–Kier alpha value is -4.42. The van der Waals surface area contributed by atoms with Crippen molar-refractivity contribution in [3.8, 4) is 10.4 Å². The Labute approximate surface area is 200 Å². The van der Waals surface area contributed by atoms with Crippen LogP contribution in [0.15, 0.2) is 103 Å². The van der Waals surface area contributed by atoms with E-state index in [2.05, 4.69) is 39.0 Å². The molecule has 3 N–H and O–H groups in total. The van der Waals surface area contributed by atoms with Gasteiger partial charge in [0.05, 0.1) is 23.0 Å². The number of carbonyl (C=O) groups is 1. The standard InChI is InChI=1S/C28H20N4OS/c33-28(22-11-5-6-12-24(22)30-20-9-2-1-3-10-20)31-21-14-19-17-29-32-27(19)23(16-21)26-15-18-8-4-7-13-25(18)34-26/h1-17,30H,(H,29,32)(H,31,33). The maximum Gasteiger partial charge on any atom is 0.257 e. The first-order valence-corrected chi connectivity index (χ1v) is 11.7. The summed E-state index contributed by atoms with van der Waals surface area (Å²) in [4.78, 5) is 14.4. The van der Waals surface area contributed by atoms with Crippen LogP contribution in [0.4, 0.5) is 17.1 Å². The molecule has 0 fully saturated rings. The van der Waals surface area contributed by atoms with Crippen molar-refractivity contribution in [1.29, 1.82) is 0 Å². The maximum atomic E-state index is 13.3. The molecule has 2 aromatic heterocycles. The van der Waals surface area contributed by atoms with Crippen molar-refractivity contribution in [2.45, 2.75) is 0 Å². The van der Waals surface area contributed by atoms with Gasteiger partial charge in [-0.05, 0) is 53.9 Å². The molecule has 0 aliphatic carbocycles. The van der Waals surface area contributed by atoms with Crippen LogP contribution in [0.3, 0.4) is 0 Å². The summed E-state index contributed by atoms with van der Waals surface area (Å²) in [6, 6.07) is 31.8. The SMILES string of the molecule is O=C(Nc1cc(-c2cc3ccccc3s2)c2[nH]ncc2c1)c1ccccc1Nc1ccccc1. The lowest BCUT2D eigenvalue weighted by Gasteiger charge is -2.13. The number of amides is 1. The van der Waals surface area contributed by atoms with Crippen LogP contribution in [0.5, 0.6) is 0 Å². The number of aromatic nitrogens is 2. The summed E-state index contributed by atoms with van der Waals surface area (Å²) in [7, 11) is 0. The van der Waals surface area contributed by atoms with Gasteiger partial charge in [-0.2, -0.15) is 5.10 Å². The Morgan fingerprint density at radius 3 is 2.47 bits per heavy atom. The third-order valence-corrected chi connectivity index (χ3v) is 6.87. The minimum Gasteiger partial charge on any atom is -0.355 e. The molecule has 0 spiro atoms. The number of benzene rings is 4. The number of aromatic amines is 1. The molecule has 2 heterocycles. The third kappa shape index (κ3) is 3.80. The average molecular weight is 461 g/mol. The maximum absolute atomic E-state index is 13.3. The zero-order chi connectivity index (χ0) is 22.9. The molecule has 0 aliphatic heterocycles. The molecule has 0 bridgehead atoms. The number of anilines is 3. The monoisotopic (exact) mass is 460 g/mol. The third-order valence-electron chi connectivity index (χ3n) is 5.72. The minimum atomic E-state index is -0.177. The summed E-state index contributed by atoms with van der Waals surface area (Å²) in [5.41, 5.74) is 4.94. The van der Waals surface area contributed by atoms with Crippen molar-refractivity contribution in [2.75, 3.05) is 10.6 Å². The van der Waals surface area contributed by atoms with Gasteiger partial charge < -0.3 is 10.6 Å². The van der Waals surface area contributed by atoms with Crippen molar-refractivity contribution < 1.29 is 4.79 Å². The van der Waals surface area contributed by atoms with Gasteiger partial charge in [0.1, 0.15) is 0 Å². The highest BCUT2D eigenvalue weighted by Gasteiger charge is 2.15. The van der Waals surface area contributed by atoms with Gasteiger partial charge in [0.15, 0.2) is 0 Å². The number of fused-ring (bicyclic) bond motifs is 2. The summed E-state index contributed by atoms with van der Waals surface area (Å²) in [5, 5.41) is 15.9. The fourth-order valence-corrected chi connectivity index (χ4v) is 5.19. The van der Waals surface area contributed by atoms with Gasteiger partial charge in [-0.15, -0.1) is 11.3 Å². The number of nitrogens with zero attached hydrogens (tertiary/aromatic N) is 1. The molecule has 164 valence electrons. The predicted molar refractivity (Wildman–Crippen MR) is 141 cm³/mol. The van der Waals surface area contributed by atoms with Crippen LogP contribution in [0.1, 0.15) is 10.4 Å². The first-order chi connectivity index (χ1) is 16.7. The number of carbonyl (C=O) groups excluding carboxylic acids is 1.